The highest BCUT2D eigenvalue weighted by Crippen LogP contribution is 2.22. The Morgan fingerprint density at radius 1 is 1.18 bits per heavy atom. The highest BCUT2D eigenvalue weighted by atomic mass is 15.1. The van der Waals surface area contributed by atoms with Gasteiger partial charge < -0.3 is 10.2 Å². The standard InChI is InChI=1S/C15H32N2/c1-4-16-14(3)10-9-13-17(5-2)15-11-7-6-8-12-15/h14-16H,4-13H2,1-3H3. The molecule has 2 nitrogen and oxygen atoms in total. The molecule has 1 fully saturated rings. The van der Waals surface area contributed by atoms with E-state index in [1.165, 1.54) is 58.0 Å². The summed E-state index contributed by atoms with van der Waals surface area (Å²) in [6.07, 6.45) is 9.91. The molecule has 1 saturated carbocycles. The predicted octanol–water partition coefficient (Wildman–Crippen LogP) is 3.42. The average molecular weight is 240 g/mol. The van der Waals surface area contributed by atoms with Crippen molar-refractivity contribution in [2.24, 2.45) is 0 Å². The normalized spacial score (nSPS) is 19.8. The van der Waals surface area contributed by atoms with Crippen LogP contribution in [0.15, 0.2) is 0 Å². The average Bonchev–Trinajstić information content (AvgIpc) is 2.36. The van der Waals surface area contributed by atoms with E-state index in [1.807, 2.05) is 0 Å². The number of hydrogen-bond donors (Lipinski definition) is 1. The SMILES string of the molecule is CCNC(C)CCCN(CC)C1CCCCC1. The van der Waals surface area contributed by atoms with Crippen molar-refractivity contribution in [2.75, 3.05) is 19.6 Å². The minimum absolute atomic E-state index is 0.685. The first-order valence-electron chi connectivity index (χ1n) is 7.75. The fraction of sp³-hybridized carbons (Fsp3) is 1.00. The van der Waals surface area contributed by atoms with E-state index in [1.54, 1.807) is 0 Å². The van der Waals surface area contributed by atoms with Gasteiger partial charge in [-0.25, -0.2) is 0 Å². The van der Waals surface area contributed by atoms with Crippen LogP contribution in [0.25, 0.3) is 0 Å². The van der Waals surface area contributed by atoms with E-state index in [4.69, 9.17) is 0 Å². The van der Waals surface area contributed by atoms with Gasteiger partial charge in [-0.15, -0.1) is 0 Å². The molecule has 102 valence electrons. The molecule has 0 bridgehead atoms. The van der Waals surface area contributed by atoms with Gasteiger partial charge in [0, 0.05) is 12.1 Å². The number of nitrogens with zero attached hydrogens (tertiary/aromatic N) is 1. The molecule has 0 radical (unpaired) electrons. The fourth-order valence-corrected chi connectivity index (χ4v) is 3.10. The van der Waals surface area contributed by atoms with Crippen LogP contribution in [0.4, 0.5) is 0 Å². The predicted molar refractivity (Wildman–Crippen MR) is 76.5 cm³/mol. The van der Waals surface area contributed by atoms with Crippen molar-refractivity contribution in [3.63, 3.8) is 0 Å². The van der Waals surface area contributed by atoms with E-state index in [-0.39, 0.29) is 0 Å². The second-order valence-electron chi connectivity index (χ2n) is 5.52. The first-order valence-corrected chi connectivity index (χ1v) is 7.75. The van der Waals surface area contributed by atoms with Gasteiger partial charge in [-0.05, 0) is 52.2 Å². The van der Waals surface area contributed by atoms with Crippen molar-refractivity contribution in [3.05, 3.63) is 0 Å². The third-order valence-corrected chi connectivity index (χ3v) is 4.13. The first kappa shape index (κ1) is 15.0. The van der Waals surface area contributed by atoms with Crippen molar-refractivity contribution in [1.29, 1.82) is 0 Å². The molecule has 0 heterocycles. The molecule has 1 aliphatic carbocycles. The Labute approximate surface area is 108 Å². The van der Waals surface area contributed by atoms with Crippen LogP contribution >= 0.6 is 0 Å². The lowest BCUT2D eigenvalue weighted by Gasteiger charge is -2.33. The van der Waals surface area contributed by atoms with Crippen LogP contribution in [0.2, 0.25) is 0 Å². The summed E-state index contributed by atoms with van der Waals surface area (Å²) in [4.78, 5) is 2.72. The summed E-state index contributed by atoms with van der Waals surface area (Å²) in [5.74, 6) is 0. The molecule has 0 aliphatic heterocycles. The lowest BCUT2D eigenvalue weighted by Crippen LogP contribution is -2.38. The van der Waals surface area contributed by atoms with E-state index >= 15 is 0 Å². The molecule has 0 amide bonds. The minimum atomic E-state index is 0.685. The van der Waals surface area contributed by atoms with Gasteiger partial charge in [0.1, 0.15) is 0 Å². The van der Waals surface area contributed by atoms with Crippen molar-refractivity contribution >= 4 is 0 Å². The molecule has 1 unspecified atom stereocenters. The Kier molecular flexibility index (Phi) is 7.87. The molecule has 1 atom stereocenters. The Balaban J connectivity index is 2.17. The minimum Gasteiger partial charge on any atom is -0.315 e. The lowest BCUT2D eigenvalue weighted by molar-refractivity contribution is 0.159. The van der Waals surface area contributed by atoms with Crippen LogP contribution in [0.5, 0.6) is 0 Å². The summed E-state index contributed by atoms with van der Waals surface area (Å²) in [5.41, 5.74) is 0. The number of hydrogen-bond acceptors (Lipinski definition) is 2. The summed E-state index contributed by atoms with van der Waals surface area (Å²) in [7, 11) is 0. The first-order chi connectivity index (χ1) is 8.27. The molecule has 17 heavy (non-hydrogen) atoms. The van der Waals surface area contributed by atoms with Gasteiger partial charge in [0.15, 0.2) is 0 Å². The van der Waals surface area contributed by atoms with Crippen molar-refractivity contribution in [2.45, 2.75) is 77.8 Å². The van der Waals surface area contributed by atoms with Crippen molar-refractivity contribution in [1.82, 2.24) is 10.2 Å². The highest BCUT2D eigenvalue weighted by molar-refractivity contribution is 4.75. The summed E-state index contributed by atoms with van der Waals surface area (Å²) < 4.78 is 0. The van der Waals surface area contributed by atoms with E-state index in [0.29, 0.717) is 6.04 Å². The second-order valence-corrected chi connectivity index (χ2v) is 5.52. The van der Waals surface area contributed by atoms with Crippen molar-refractivity contribution in [3.8, 4) is 0 Å². The van der Waals surface area contributed by atoms with Crippen LogP contribution in [-0.4, -0.2) is 36.6 Å². The number of rotatable bonds is 8. The largest absolute Gasteiger partial charge is 0.315 e. The molecule has 1 aliphatic rings. The molecule has 0 aromatic carbocycles. The van der Waals surface area contributed by atoms with Gasteiger partial charge >= 0.3 is 0 Å². The lowest BCUT2D eigenvalue weighted by atomic mass is 9.94. The molecule has 0 spiro atoms. The molecular formula is C15H32N2. The van der Waals surface area contributed by atoms with Gasteiger partial charge in [-0.3, -0.25) is 0 Å². The Morgan fingerprint density at radius 2 is 1.88 bits per heavy atom. The third kappa shape index (κ3) is 5.87. The second kappa shape index (κ2) is 8.93. The van der Waals surface area contributed by atoms with Gasteiger partial charge in [0.25, 0.3) is 0 Å². The van der Waals surface area contributed by atoms with E-state index in [9.17, 15) is 0 Å². The maximum Gasteiger partial charge on any atom is 0.00951 e. The smallest absolute Gasteiger partial charge is 0.00951 e. The van der Waals surface area contributed by atoms with Gasteiger partial charge in [0.2, 0.25) is 0 Å². The molecule has 0 aromatic heterocycles. The van der Waals surface area contributed by atoms with Gasteiger partial charge in [-0.2, -0.15) is 0 Å². The monoisotopic (exact) mass is 240 g/mol. The van der Waals surface area contributed by atoms with Gasteiger partial charge in [0.05, 0.1) is 0 Å². The third-order valence-electron chi connectivity index (χ3n) is 4.13. The zero-order chi connectivity index (χ0) is 12.5. The molecular weight excluding hydrogens is 208 g/mol. The van der Waals surface area contributed by atoms with E-state index < -0.39 is 0 Å². The summed E-state index contributed by atoms with van der Waals surface area (Å²) in [5, 5.41) is 3.50. The van der Waals surface area contributed by atoms with Crippen molar-refractivity contribution < 1.29 is 0 Å². The van der Waals surface area contributed by atoms with Crippen LogP contribution in [0, 0.1) is 0 Å². The summed E-state index contributed by atoms with van der Waals surface area (Å²) in [6.45, 7) is 10.5. The number of nitrogens with one attached hydrogen (secondary N) is 1. The molecule has 2 heteroatoms. The quantitative estimate of drug-likeness (QED) is 0.699. The molecule has 1 N–H and O–H groups in total. The zero-order valence-electron chi connectivity index (χ0n) is 12.2. The molecule has 0 aromatic rings. The summed E-state index contributed by atoms with van der Waals surface area (Å²) >= 11 is 0. The van der Waals surface area contributed by atoms with E-state index in [0.717, 1.165) is 12.6 Å². The Bertz CT molecular complexity index is 176. The highest BCUT2D eigenvalue weighted by Gasteiger charge is 2.19. The van der Waals surface area contributed by atoms with Crippen LogP contribution < -0.4 is 5.32 Å². The maximum absolute atomic E-state index is 3.50. The van der Waals surface area contributed by atoms with Crippen LogP contribution in [-0.2, 0) is 0 Å². The summed E-state index contributed by atoms with van der Waals surface area (Å²) in [6, 6.07) is 1.58. The van der Waals surface area contributed by atoms with Crippen LogP contribution in [0.1, 0.15) is 65.7 Å². The maximum atomic E-state index is 3.50. The molecule has 1 rings (SSSR count). The van der Waals surface area contributed by atoms with Crippen LogP contribution in [0.3, 0.4) is 0 Å². The van der Waals surface area contributed by atoms with E-state index in [2.05, 4.69) is 31.0 Å². The fourth-order valence-electron chi connectivity index (χ4n) is 3.10. The Hall–Kier alpha value is -0.0800. The Morgan fingerprint density at radius 3 is 2.47 bits per heavy atom. The topological polar surface area (TPSA) is 15.3 Å². The van der Waals surface area contributed by atoms with Gasteiger partial charge in [-0.1, -0.05) is 33.1 Å². The zero-order valence-corrected chi connectivity index (χ0v) is 12.2. The molecule has 0 saturated heterocycles.